The number of carbonyl (C=O) groups is 3. The van der Waals surface area contributed by atoms with Gasteiger partial charge in [0.1, 0.15) is 29.2 Å². The van der Waals surface area contributed by atoms with Gasteiger partial charge in [-0.25, -0.2) is 4.79 Å². The van der Waals surface area contributed by atoms with Crippen molar-refractivity contribution < 1.29 is 29.3 Å². The standard InChI is InChI=1S/C36H53N3O6/c1-6-7-8-9-13-22-39(32(27-18-21-31(41)25(2)23-27)33(42)37-28-14-11-10-12-15-28)34(43)30(38-35(44)45-36(3,4)5)24-26-16-19-29(40)20-17-26/h16-21,23,28,30,32,40-41H,6-15,22,24H2,1-5H3,(H,37,42)(H,38,44). The van der Waals surface area contributed by atoms with Crippen LogP contribution in [0.1, 0.15) is 115 Å². The number of carbonyl (C=O) groups excluding carboxylic acids is 3. The average molecular weight is 624 g/mol. The van der Waals surface area contributed by atoms with Crippen molar-refractivity contribution in [1.29, 1.82) is 0 Å². The third kappa shape index (κ3) is 11.6. The second-order valence-electron chi connectivity index (χ2n) is 13.3. The van der Waals surface area contributed by atoms with E-state index in [1.165, 1.54) is 12.1 Å². The van der Waals surface area contributed by atoms with Crippen molar-refractivity contribution in [2.45, 2.75) is 129 Å². The molecule has 3 rings (SSSR count). The maximum atomic E-state index is 14.7. The summed E-state index contributed by atoms with van der Waals surface area (Å²) < 4.78 is 5.53. The van der Waals surface area contributed by atoms with E-state index in [2.05, 4.69) is 17.6 Å². The summed E-state index contributed by atoms with van der Waals surface area (Å²) in [7, 11) is 0. The Morgan fingerprint density at radius 3 is 2.24 bits per heavy atom. The lowest BCUT2D eigenvalue weighted by atomic mass is 9.94. The monoisotopic (exact) mass is 623 g/mol. The maximum absolute atomic E-state index is 14.7. The molecule has 0 spiro atoms. The molecule has 2 aromatic carbocycles. The number of unbranched alkanes of at least 4 members (excludes halogenated alkanes) is 4. The number of nitrogens with one attached hydrogen (secondary N) is 2. The van der Waals surface area contributed by atoms with Crippen molar-refractivity contribution in [3.05, 3.63) is 59.2 Å². The van der Waals surface area contributed by atoms with E-state index in [1.807, 2.05) is 0 Å². The van der Waals surface area contributed by atoms with Crippen LogP contribution in [0, 0.1) is 6.92 Å². The van der Waals surface area contributed by atoms with Gasteiger partial charge in [0.05, 0.1) is 0 Å². The first-order valence-corrected chi connectivity index (χ1v) is 16.6. The van der Waals surface area contributed by atoms with Gasteiger partial charge in [-0.1, -0.05) is 70.1 Å². The Kier molecular flexibility index (Phi) is 13.6. The zero-order chi connectivity index (χ0) is 33.0. The smallest absolute Gasteiger partial charge is 0.408 e. The molecule has 45 heavy (non-hydrogen) atoms. The topological polar surface area (TPSA) is 128 Å². The lowest BCUT2D eigenvalue weighted by Crippen LogP contribution is -2.54. The molecule has 0 heterocycles. The van der Waals surface area contributed by atoms with Crippen LogP contribution in [0.4, 0.5) is 4.79 Å². The number of nitrogens with zero attached hydrogens (tertiary/aromatic N) is 1. The highest BCUT2D eigenvalue weighted by atomic mass is 16.6. The molecule has 3 amide bonds. The number of hydrogen-bond acceptors (Lipinski definition) is 6. The number of amides is 3. The number of phenolic OH excluding ortho intramolecular Hbond substituents is 2. The van der Waals surface area contributed by atoms with Crippen LogP contribution in [0.5, 0.6) is 11.5 Å². The van der Waals surface area contributed by atoms with Crippen molar-refractivity contribution in [2.24, 2.45) is 0 Å². The first-order chi connectivity index (χ1) is 21.4. The van der Waals surface area contributed by atoms with E-state index < -0.39 is 29.7 Å². The number of rotatable bonds is 14. The minimum Gasteiger partial charge on any atom is -0.508 e. The van der Waals surface area contributed by atoms with E-state index in [1.54, 1.807) is 62.9 Å². The number of benzene rings is 2. The minimum absolute atomic E-state index is 0.0288. The number of ether oxygens (including phenoxy) is 1. The summed E-state index contributed by atoms with van der Waals surface area (Å²) in [4.78, 5) is 43.5. The summed E-state index contributed by atoms with van der Waals surface area (Å²) in [6.07, 6.45) is 9.18. The van der Waals surface area contributed by atoms with Crippen molar-refractivity contribution in [3.8, 4) is 11.5 Å². The lowest BCUT2D eigenvalue weighted by molar-refractivity contribution is -0.143. The summed E-state index contributed by atoms with van der Waals surface area (Å²) >= 11 is 0. The Hall–Kier alpha value is -3.75. The van der Waals surface area contributed by atoms with Gasteiger partial charge in [0.15, 0.2) is 0 Å². The molecule has 9 nitrogen and oxygen atoms in total. The van der Waals surface area contributed by atoms with Gasteiger partial charge >= 0.3 is 6.09 Å². The fourth-order valence-corrected chi connectivity index (χ4v) is 5.82. The molecule has 0 aliphatic heterocycles. The van der Waals surface area contributed by atoms with Crippen LogP contribution in [0.2, 0.25) is 0 Å². The van der Waals surface area contributed by atoms with Gasteiger partial charge in [-0.05, 0) is 87.9 Å². The molecule has 2 aromatic rings. The third-order valence-corrected chi connectivity index (χ3v) is 8.20. The molecule has 1 aliphatic rings. The molecular weight excluding hydrogens is 570 g/mol. The quantitative estimate of drug-likeness (QED) is 0.171. The largest absolute Gasteiger partial charge is 0.508 e. The van der Waals surface area contributed by atoms with Gasteiger partial charge in [0.25, 0.3) is 0 Å². The molecule has 1 saturated carbocycles. The van der Waals surface area contributed by atoms with Crippen LogP contribution in [0.15, 0.2) is 42.5 Å². The summed E-state index contributed by atoms with van der Waals surface area (Å²) in [5.41, 5.74) is 1.15. The molecule has 0 saturated heterocycles. The molecule has 248 valence electrons. The highest BCUT2D eigenvalue weighted by Gasteiger charge is 2.37. The van der Waals surface area contributed by atoms with Crippen LogP contribution >= 0.6 is 0 Å². The van der Waals surface area contributed by atoms with Gasteiger partial charge in [0, 0.05) is 19.0 Å². The fourth-order valence-electron chi connectivity index (χ4n) is 5.82. The highest BCUT2D eigenvalue weighted by Crippen LogP contribution is 2.29. The van der Waals surface area contributed by atoms with E-state index in [-0.39, 0.29) is 29.9 Å². The van der Waals surface area contributed by atoms with Crippen molar-refractivity contribution in [2.75, 3.05) is 6.54 Å². The fraction of sp³-hybridized carbons (Fsp3) is 0.583. The Balaban J connectivity index is 2.04. The van der Waals surface area contributed by atoms with Crippen LogP contribution in [-0.2, 0) is 20.7 Å². The van der Waals surface area contributed by atoms with Crippen LogP contribution in [0.25, 0.3) is 0 Å². The summed E-state index contributed by atoms with van der Waals surface area (Å²) in [5, 5.41) is 26.1. The zero-order valence-corrected chi connectivity index (χ0v) is 27.7. The van der Waals surface area contributed by atoms with Gasteiger partial charge in [-0.2, -0.15) is 0 Å². The Bertz CT molecular complexity index is 1250. The Labute approximate surface area is 268 Å². The average Bonchev–Trinajstić information content (AvgIpc) is 2.98. The normalized spacial score (nSPS) is 15.1. The molecule has 0 radical (unpaired) electrons. The first kappa shape index (κ1) is 35.7. The van der Waals surface area contributed by atoms with E-state index in [0.717, 1.165) is 63.4 Å². The predicted octanol–water partition coefficient (Wildman–Crippen LogP) is 6.83. The summed E-state index contributed by atoms with van der Waals surface area (Å²) in [6, 6.07) is 9.52. The molecule has 9 heteroatoms. The van der Waals surface area contributed by atoms with Crippen molar-refractivity contribution in [3.63, 3.8) is 0 Å². The summed E-state index contributed by atoms with van der Waals surface area (Å²) in [5.74, 6) is -0.467. The van der Waals surface area contributed by atoms with Crippen molar-refractivity contribution in [1.82, 2.24) is 15.5 Å². The molecule has 0 bridgehead atoms. The second-order valence-corrected chi connectivity index (χ2v) is 13.3. The number of alkyl carbamates (subject to hydrolysis) is 1. The van der Waals surface area contributed by atoms with Crippen molar-refractivity contribution >= 4 is 17.9 Å². The molecule has 2 atom stereocenters. The maximum Gasteiger partial charge on any atom is 0.408 e. The van der Waals surface area contributed by atoms with Crippen LogP contribution in [-0.4, -0.2) is 57.3 Å². The predicted molar refractivity (Wildman–Crippen MR) is 176 cm³/mol. The highest BCUT2D eigenvalue weighted by molar-refractivity contribution is 5.92. The zero-order valence-electron chi connectivity index (χ0n) is 27.7. The Morgan fingerprint density at radius 1 is 0.956 bits per heavy atom. The number of aryl methyl sites for hydroxylation is 1. The number of hydrogen-bond donors (Lipinski definition) is 4. The van der Waals surface area contributed by atoms with Gasteiger partial charge in [-0.3, -0.25) is 9.59 Å². The molecular formula is C36H53N3O6. The number of phenols is 2. The molecule has 1 fully saturated rings. The van der Waals surface area contributed by atoms with Gasteiger partial charge in [0.2, 0.25) is 11.8 Å². The summed E-state index contributed by atoms with van der Waals surface area (Å²) in [6.45, 7) is 9.49. The molecule has 0 aromatic heterocycles. The second kappa shape index (κ2) is 17.1. The van der Waals surface area contributed by atoms with E-state index in [0.29, 0.717) is 24.1 Å². The van der Waals surface area contributed by atoms with Crippen LogP contribution in [0.3, 0.4) is 0 Å². The first-order valence-electron chi connectivity index (χ1n) is 16.6. The van der Waals surface area contributed by atoms with E-state index in [9.17, 15) is 24.6 Å². The third-order valence-electron chi connectivity index (χ3n) is 8.20. The molecule has 1 aliphatic carbocycles. The molecule has 2 unspecified atom stereocenters. The lowest BCUT2D eigenvalue weighted by Gasteiger charge is -2.36. The number of aromatic hydroxyl groups is 2. The molecule has 4 N–H and O–H groups in total. The minimum atomic E-state index is -1.04. The Morgan fingerprint density at radius 2 is 1.62 bits per heavy atom. The van der Waals surface area contributed by atoms with E-state index >= 15 is 0 Å². The van der Waals surface area contributed by atoms with Gasteiger partial charge < -0.3 is 30.5 Å². The van der Waals surface area contributed by atoms with Crippen LogP contribution < -0.4 is 10.6 Å². The SMILES string of the molecule is CCCCCCCN(C(=O)C(Cc1ccc(O)cc1)NC(=O)OC(C)(C)C)C(C(=O)NC1CCCCC1)c1ccc(O)c(C)c1. The van der Waals surface area contributed by atoms with Gasteiger partial charge in [-0.15, -0.1) is 0 Å². The van der Waals surface area contributed by atoms with E-state index in [4.69, 9.17) is 4.74 Å².